The van der Waals surface area contributed by atoms with Gasteiger partial charge in [-0.25, -0.2) is 0 Å². The summed E-state index contributed by atoms with van der Waals surface area (Å²) in [5.74, 6) is 0.516. The number of fused-ring (bicyclic) bond motifs is 1. The van der Waals surface area contributed by atoms with E-state index in [2.05, 4.69) is 43.3 Å². The van der Waals surface area contributed by atoms with Gasteiger partial charge in [-0.2, -0.15) is 0 Å². The first-order chi connectivity index (χ1) is 9.24. The third-order valence-corrected chi connectivity index (χ3v) is 5.19. The van der Waals surface area contributed by atoms with Crippen molar-refractivity contribution >= 4 is 11.3 Å². The van der Waals surface area contributed by atoms with Crippen molar-refractivity contribution in [2.45, 2.75) is 44.6 Å². The molecule has 0 amide bonds. The molecule has 1 nitrogen and oxygen atoms in total. The number of hydrogen-bond donors (Lipinski definition) is 1. The van der Waals surface area contributed by atoms with E-state index in [1.165, 1.54) is 35.3 Å². The number of aliphatic hydroxyl groups is 1. The van der Waals surface area contributed by atoms with E-state index >= 15 is 0 Å². The molecule has 1 N–H and O–H groups in total. The third kappa shape index (κ3) is 2.75. The van der Waals surface area contributed by atoms with Crippen LogP contribution in [0.2, 0.25) is 0 Å². The maximum Gasteiger partial charge on any atom is 0.0887 e. The smallest absolute Gasteiger partial charge is 0.0887 e. The van der Waals surface area contributed by atoms with Gasteiger partial charge in [-0.1, -0.05) is 24.3 Å². The molecule has 1 aliphatic carbocycles. The largest absolute Gasteiger partial charge is 0.388 e. The Kier molecular flexibility index (Phi) is 3.72. The summed E-state index contributed by atoms with van der Waals surface area (Å²) in [4.78, 5) is 2.39. The summed E-state index contributed by atoms with van der Waals surface area (Å²) in [6.45, 7) is 2.09. The molecule has 3 rings (SSSR count). The predicted molar refractivity (Wildman–Crippen MR) is 80.8 cm³/mol. The van der Waals surface area contributed by atoms with Crippen LogP contribution in [0.1, 0.15) is 52.2 Å². The highest BCUT2D eigenvalue weighted by atomic mass is 32.1. The van der Waals surface area contributed by atoms with Gasteiger partial charge in [-0.15, -0.1) is 11.3 Å². The highest BCUT2D eigenvalue weighted by Gasteiger charge is 2.23. The zero-order valence-corrected chi connectivity index (χ0v) is 12.1. The molecule has 1 aromatic carbocycles. The number of benzene rings is 1. The molecule has 19 heavy (non-hydrogen) atoms. The van der Waals surface area contributed by atoms with Gasteiger partial charge in [0.15, 0.2) is 0 Å². The van der Waals surface area contributed by atoms with E-state index in [4.69, 9.17) is 0 Å². The molecule has 0 bridgehead atoms. The third-order valence-electron chi connectivity index (χ3n) is 4.09. The van der Waals surface area contributed by atoms with Crippen LogP contribution in [0.25, 0.3) is 0 Å². The highest BCUT2D eigenvalue weighted by Crippen LogP contribution is 2.38. The molecule has 0 fully saturated rings. The fourth-order valence-corrected chi connectivity index (χ4v) is 3.99. The van der Waals surface area contributed by atoms with Crippen LogP contribution in [0.3, 0.4) is 0 Å². The fourth-order valence-electron chi connectivity index (χ4n) is 3.12. The van der Waals surface area contributed by atoms with Crippen LogP contribution in [0.4, 0.5) is 0 Å². The molecule has 100 valence electrons. The topological polar surface area (TPSA) is 20.2 Å². The summed E-state index contributed by atoms with van der Waals surface area (Å²) < 4.78 is 0. The number of aryl methyl sites for hydroxylation is 2. The van der Waals surface area contributed by atoms with Gasteiger partial charge in [-0.3, -0.25) is 0 Å². The second kappa shape index (κ2) is 5.48. The molecular weight excluding hydrogens is 252 g/mol. The van der Waals surface area contributed by atoms with Gasteiger partial charge in [0, 0.05) is 9.75 Å². The van der Waals surface area contributed by atoms with Crippen molar-refractivity contribution in [1.82, 2.24) is 0 Å². The molecule has 2 atom stereocenters. The number of aliphatic hydroxyl groups excluding tert-OH is 1. The Labute approximate surface area is 118 Å². The summed E-state index contributed by atoms with van der Waals surface area (Å²) >= 11 is 1.72. The van der Waals surface area contributed by atoms with Crippen LogP contribution in [-0.4, -0.2) is 5.11 Å². The first-order valence-electron chi connectivity index (χ1n) is 7.06. The van der Waals surface area contributed by atoms with E-state index in [0.29, 0.717) is 5.92 Å². The molecule has 2 aromatic rings. The molecule has 2 heteroatoms. The van der Waals surface area contributed by atoms with Gasteiger partial charge in [0.1, 0.15) is 0 Å². The minimum Gasteiger partial charge on any atom is -0.388 e. The van der Waals surface area contributed by atoms with Crippen molar-refractivity contribution in [3.8, 4) is 0 Å². The minimum atomic E-state index is -0.310. The van der Waals surface area contributed by atoms with E-state index in [1.54, 1.807) is 11.3 Å². The van der Waals surface area contributed by atoms with Crippen LogP contribution in [-0.2, 0) is 6.42 Å². The first kappa shape index (κ1) is 12.9. The Balaban J connectivity index is 1.77. The summed E-state index contributed by atoms with van der Waals surface area (Å²) in [6.07, 6.45) is 4.20. The van der Waals surface area contributed by atoms with Gasteiger partial charge in [0.25, 0.3) is 0 Å². The lowest BCUT2D eigenvalue weighted by Crippen LogP contribution is -2.12. The molecule has 0 saturated carbocycles. The minimum absolute atomic E-state index is 0.310. The quantitative estimate of drug-likeness (QED) is 0.865. The van der Waals surface area contributed by atoms with Crippen molar-refractivity contribution in [3.63, 3.8) is 0 Å². The van der Waals surface area contributed by atoms with Crippen LogP contribution >= 0.6 is 11.3 Å². The maximum atomic E-state index is 10.4. The lowest BCUT2D eigenvalue weighted by atomic mass is 9.80. The predicted octanol–water partition coefficient (Wildman–Crippen LogP) is 4.60. The van der Waals surface area contributed by atoms with Gasteiger partial charge >= 0.3 is 0 Å². The summed E-state index contributed by atoms with van der Waals surface area (Å²) in [5.41, 5.74) is 2.94. The molecular formula is C17H20OS. The molecule has 1 aromatic heterocycles. The maximum absolute atomic E-state index is 10.4. The van der Waals surface area contributed by atoms with Gasteiger partial charge in [-0.05, 0) is 61.8 Å². The molecule has 0 spiro atoms. The van der Waals surface area contributed by atoms with E-state index in [0.717, 1.165) is 11.3 Å². The summed E-state index contributed by atoms with van der Waals surface area (Å²) in [5, 5.41) is 10.4. The van der Waals surface area contributed by atoms with Crippen LogP contribution < -0.4 is 0 Å². The molecule has 0 saturated heterocycles. The second-order valence-electron chi connectivity index (χ2n) is 5.49. The average Bonchev–Trinajstić information content (AvgIpc) is 2.86. The SMILES string of the molecule is Cc1ccc(C(O)CC2CCCc3ccccc32)s1. The zero-order valence-electron chi connectivity index (χ0n) is 11.3. The first-order valence-corrected chi connectivity index (χ1v) is 7.88. The van der Waals surface area contributed by atoms with Crippen molar-refractivity contribution < 1.29 is 5.11 Å². The Morgan fingerprint density at radius 2 is 2.11 bits per heavy atom. The van der Waals surface area contributed by atoms with E-state index in [-0.39, 0.29) is 6.10 Å². The lowest BCUT2D eigenvalue weighted by molar-refractivity contribution is 0.157. The van der Waals surface area contributed by atoms with Crippen LogP contribution in [0.5, 0.6) is 0 Å². The van der Waals surface area contributed by atoms with Crippen molar-refractivity contribution in [2.24, 2.45) is 0 Å². The number of hydrogen-bond acceptors (Lipinski definition) is 2. The summed E-state index contributed by atoms with van der Waals surface area (Å²) in [6, 6.07) is 12.9. The normalized spacial score (nSPS) is 20.0. The van der Waals surface area contributed by atoms with Crippen LogP contribution in [0, 0.1) is 6.92 Å². The summed E-state index contributed by atoms with van der Waals surface area (Å²) in [7, 11) is 0. The van der Waals surface area contributed by atoms with Crippen molar-refractivity contribution in [1.29, 1.82) is 0 Å². The Bertz CT molecular complexity index is 558. The Morgan fingerprint density at radius 1 is 1.26 bits per heavy atom. The van der Waals surface area contributed by atoms with Gasteiger partial charge in [0.05, 0.1) is 6.10 Å². The van der Waals surface area contributed by atoms with Crippen molar-refractivity contribution in [3.05, 3.63) is 57.3 Å². The second-order valence-corrected chi connectivity index (χ2v) is 6.81. The molecule has 1 aliphatic rings. The van der Waals surface area contributed by atoms with Crippen LogP contribution in [0.15, 0.2) is 36.4 Å². The molecule has 0 radical (unpaired) electrons. The van der Waals surface area contributed by atoms with Gasteiger partial charge in [0.2, 0.25) is 0 Å². The number of thiophene rings is 1. The monoisotopic (exact) mass is 272 g/mol. The number of rotatable bonds is 3. The highest BCUT2D eigenvalue weighted by molar-refractivity contribution is 7.12. The van der Waals surface area contributed by atoms with E-state index in [1.807, 2.05) is 0 Å². The molecule has 1 heterocycles. The standard InChI is InChI=1S/C17H20OS/c1-12-9-10-17(19-12)16(18)11-14-7-4-6-13-5-2-3-8-15(13)14/h2-3,5,8-10,14,16,18H,4,6-7,11H2,1H3. The van der Waals surface area contributed by atoms with Gasteiger partial charge < -0.3 is 5.11 Å². The zero-order chi connectivity index (χ0) is 13.2. The molecule has 0 aliphatic heterocycles. The molecule has 2 unspecified atom stereocenters. The lowest BCUT2D eigenvalue weighted by Gasteiger charge is -2.27. The average molecular weight is 272 g/mol. The Morgan fingerprint density at radius 3 is 2.89 bits per heavy atom. The van der Waals surface area contributed by atoms with E-state index in [9.17, 15) is 5.11 Å². The van der Waals surface area contributed by atoms with E-state index < -0.39 is 0 Å². The van der Waals surface area contributed by atoms with Crippen molar-refractivity contribution in [2.75, 3.05) is 0 Å². The Hall–Kier alpha value is -1.12. The fraction of sp³-hybridized carbons (Fsp3) is 0.412.